The van der Waals surface area contributed by atoms with Gasteiger partial charge in [0.05, 0.1) is 6.04 Å². The van der Waals surface area contributed by atoms with Gasteiger partial charge < -0.3 is 0 Å². The van der Waals surface area contributed by atoms with Gasteiger partial charge in [0.15, 0.2) is 0 Å². The fraction of sp³-hybridized carbons (Fsp3) is 0.950. The second-order valence-electron chi connectivity index (χ2n) is 7.29. The van der Waals surface area contributed by atoms with Gasteiger partial charge in [0.25, 0.3) is 0 Å². The summed E-state index contributed by atoms with van der Waals surface area (Å²) in [4.78, 5) is 4.76. The Morgan fingerprint density at radius 1 is 1.05 bits per heavy atom. The van der Waals surface area contributed by atoms with Crippen molar-refractivity contribution in [3.63, 3.8) is 0 Å². The number of hydrogen-bond donors (Lipinski definition) is 0. The standard InChI is InChI=1S/C20H39N/c1-6-9-10-11-12-13-18(7-2)20(17(5)21-8-3)16(4)19-14-15-19/h8,16-20H,6-7,9-15H2,1-5H3. The molecule has 0 bridgehead atoms. The summed E-state index contributed by atoms with van der Waals surface area (Å²) >= 11 is 0. The van der Waals surface area contributed by atoms with Crippen molar-refractivity contribution >= 4 is 6.21 Å². The molecule has 1 nitrogen and oxygen atoms in total. The van der Waals surface area contributed by atoms with Crippen molar-refractivity contribution in [2.24, 2.45) is 28.7 Å². The van der Waals surface area contributed by atoms with Gasteiger partial charge >= 0.3 is 0 Å². The van der Waals surface area contributed by atoms with Crippen LogP contribution in [0, 0.1) is 23.7 Å². The Morgan fingerprint density at radius 2 is 1.71 bits per heavy atom. The van der Waals surface area contributed by atoms with Crippen LogP contribution in [0.3, 0.4) is 0 Å². The zero-order valence-corrected chi connectivity index (χ0v) is 15.3. The van der Waals surface area contributed by atoms with Crippen LogP contribution in [0.5, 0.6) is 0 Å². The lowest BCUT2D eigenvalue weighted by molar-refractivity contribution is 0.171. The molecule has 1 aliphatic carbocycles. The molecule has 0 aromatic heterocycles. The quantitative estimate of drug-likeness (QED) is 0.287. The van der Waals surface area contributed by atoms with E-state index in [4.69, 9.17) is 4.99 Å². The average molecular weight is 294 g/mol. The molecule has 0 spiro atoms. The number of nitrogens with zero attached hydrogens (tertiary/aromatic N) is 1. The zero-order chi connectivity index (χ0) is 15.7. The molecule has 0 amide bonds. The Kier molecular flexibility index (Phi) is 9.27. The fourth-order valence-corrected chi connectivity index (χ4v) is 4.21. The van der Waals surface area contributed by atoms with Crippen LogP contribution in [0.1, 0.15) is 92.4 Å². The van der Waals surface area contributed by atoms with Gasteiger partial charge in [-0.15, -0.1) is 0 Å². The summed E-state index contributed by atoms with van der Waals surface area (Å²) in [5, 5.41) is 0. The third kappa shape index (κ3) is 6.53. The molecule has 0 aromatic rings. The summed E-state index contributed by atoms with van der Waals surface area (Å²) in [6.07, 6.45) is 14.7. The van der Waals surface area contributed by atoms with Crippen LogP contribution in [-0.4, -0.2) is 12.3 Å². The molecule has 1 heteroatoms. The fourth-order valence-electron chi connectivity index (χ4n) is 4.21. The maximum atomic E-state index is 4.76. The number of unbranched alkanes of at least 4 members (excludes halogenated alkanes) is 4. The van der Waals surface area contributed by atoms with Crippen molar-refractivity contribution in [2.45, 2.75) is 98.4 Å². The van der Waals surface area contributed by atoms with Crippen LogP contribution in [-0.2, 0) is 0 Å². The van der Waals surface area contributed by atoms with E-state index in [0.29, 0.717) is 6.04 Å². The number of aliphatic imine (C=N–C) groups is 1. The van der Waals surface area contributed by atoms with E-state index in [1.165, 1.54) is 57.8 Å². The van der Waals surface area contributed by atoms with Crippen LogP contribution in [0.25, 0.3) is 0 Å². The summed E-state index contributed by atoms with van der Waals surface area (Å²) in [5.41, 5.74) is 0. The molecular formula is C20H39N. The van der Waals surface area contributed by atoms with Gasteiger partial charge in [0.1, 0.15) is 0 Å². The third-order valence-electron chi connectivity index (χ3n) is 5.66. The highest BCUT2D eigenvalue weighted by atomic mass is 14.8. The molecule has 0 radical (unpaired) electrons. The lowest BCUT2D eigenvalue weighted by Crippen LogP contribution is -2.31. The SMILES string of the molecule is CC=NC(C)C(C(CC)CCCCCCC)C(C)C1CC1. The topological polar surface area (TPSA) is 12.4 Å². The minimum Gasteiger partial charge on any atom is -0.294 e. The molecule has 1 aliphatic rings. The second-order valence-corrected chi connectivity index (χ2v) is 7.29. The molecule has 0 aromatic carbocycles. The number of rotatable bonds is 12. The predicted octanol–water partition coefficient (Wildman–Crippen LogP) is 6.51. The molecule has 124 valence electrons. The highest BCUT2D eigenvalue weighted by Gasteiger charge is 2.38. The smallest absolute Gasteiger partial charge is 0.0500 e. The van der Waals surface area contributed by atoms with Crippen molar-refractivity contribution in [1.29, 1.82) is 0 Å². The van der Waals surface area contributed by atoms with E-state index in [-0.39, 0.29) is 0 Å². The molecule has 0 N–H and O–H groups in total. The van der Waals surface area contributed by atoms with Crippen LogP contribution in [0.4, 0.5) is 0 Å². The van der Waals surface area contributed by atoms with Gasteiger partial charge in [-0.1, -0.05) is 65.7 Å². The summed E-state index contributed by atoms with van der Waals surface area (Å²) in [6, 6.07) is 0.506. The van der Waals surface area contributed by atoms with E-state index in [1.807, 2.05) is 6.21 Å². The highest BCUT2D eigenvalue weighted by molar-refractivity contribution is 5.53. The first-order valence-corrected chi connectivity index (χ1v) is 9.63. The lowest BCUT2D eigenvalue weighted by atomic mass is 9.73. The Balaban J connectivity index is 2.55. The van der Waals surface area contributed by atoms with Crippen LogP contribution in [0.2, 0.25) is 0 Å². The first kappa shape index (κ1) is 18.7. The molecule has 1 fully saturated rings. The van der Waals surface area contributed by atoms with Crippen molar-refractivity contribution in [2.75, 3.05) is 0 Å². The first-order chi connectivity index (χ1) is 10.2. The average Bonchev–Trinajstić information content (AvgIpc) is 3.30. The summed E-state index contributed by atoms with van der Waals surface area (Å²) in [5.74, 6) is 3.54. The zero-order valence-electron chi connectivity index (χ0n) is 15.3. The van der Waals surface area contributed by atoms with E-state index in [1.54, 1.807) is 0 Å². The van der Waals surface area contributed by atoms with Gasteiger partial charge in [-0.05, 0) is 56.6 Å². The van der Waals surface area contributed by atoms with Gasteiger partial charge in [0.2, 0.25) is 0 Å². The highest BCUT2D eigenvalue weighted by Crippen LogP contribution is 2.45. The summed E-state index contributed by atoms with van der Waals surface area (Å²) in [7, 11) is 0. The lowest BCUT2D eigenvalue weighted by Gasteiger charge is -2.35. The van der Waals surface area contributed by atoms with E-state index in [9.17, 15) is 0 Å². The van der Waals surface area contributed by atoms with Gasteiger partial charge in [-0.25, -0.2) is 0 Å². The van der Waals surface area contributed by atoms with E-state index in [0.717, 1.165) is 23.7 Å². The van der Waals surface area contributed by atoms with E-state index >= 15 is 0 Å². The Bertz CT molecular complexity index is 280. The minimum absolute atomic E-state index is 0.506. The molecule has 4 atom stereocenters. The Labute approximate surface area is 134 Å². The van der Waals surface area contributed by atoms with Crippen molar-refractivity contribution < 1.29 is 0 Å². The minimum atomic E-state index is 0.506. The van der Waals surface area contributed by atoms with Crippen LogP contribution in [0.15, 0.2) is 4.99 Å². The third-order valence-corrected chi connectivity index (χ3v) is 5.66. The van der Waals surface area contributed by atoms with Gasteiger partial charge in [-0.3, -0.25) is 4.99 Å². The molecule has 21 heavy (non-hydrogen) atoms. The molecule has 1 rings (SSSR count). The summed E-state index contributed by atoms with van der Waals surface area (Å²) in [6.45, 7) is 11.6. The van der Waals surface area contributed by atoms with Crippen LogP contribution >= 0.6 is 0 Å². The second kappa shape index (κ2) is 10.4. The molecule has 4 unspecified atom stereocenters. The Morgan fingerprint density at radius 3 is 2.24 bits per heavy atom. The van der Waals surface area contributed by atoms with Gasteiger partial charge in [0, 0.05) is 0 Å². The maximum absolute atomic E-state index is 4.76. The molecular weight excluding hydrogens is 254 g/mol. The normalized spacial score (nSPS) is 21.4. The monoisotopic (exact) mass is 293 g/mol. The first-order valence-electron chi connectivity index (χ1n) is 9.63. The number of hydrogen-bond acceptors (Lipinski definition) is 1. The van der Waals surface area contributed by atoms with Crippen LogP contribution < -0.4 is 0 Å². The largest absolute Gasteiger partial charge is 0.294 e. The summed E-state index contributed by atoms with van der Waals surface area (Å²) < 4.78 is 0. The Hall–Kier alpha value is -0.330. The molecule has 0 aliphatic heterocycles. The molecule has 1 saturated carbocycles. The molecule has 0 heterocycles. The van der Waals surface area contributed by atoms with E-state index < -0.39 is 0 Å². The van der Waals surface area contributed by atoms with Gasteiger partial charge in [-0.2, -0.15) is 0 Å². The predicted molar refractivity (Wildman–Crippen MR) is 96.2 cm³/mol. The van der Waals surface area contributed by atoms with Crippen molar-refractivity contribution in [3.8, 4) is 0 Å². The van der Waals surface area contributed by atoms with Crippen molar-refractivity contribution in [1.82, 2.24) is 0 Å². The molecule has 0 saturated heterocycles. The maximum Gasteiger partial charge on any atom is 0.0500 e. The van der Waals surface area contributed by atoms with Crippen molar-refractivity contribution in [3.05, 3.63) is 0 Å². The van der Waals surface area contributed by atoms with E-state index in [2.05, 4.69) is 34.6 Å².